The van der Waals surface area contributed by atoms with Crippen LogP contribution in [0.25, 0.3) is 11.0 Å². The number of nitriles is 1. The Morgan fingerprint density at radius 3 is 2.92 bits per heavy atom. The van der Waals surface area contributed by atoms with Gasteiger partial charge in [-0.15, -0.1) is 0 Å². The lowest BCUT2D eigenvalue weighted by Gasteiger charge is -2.43. The van der Waals surface area contributed by atoms with E-state index in [9.17, 15) is 13.6 Å². The van der Waals surface area contributed by atoms with Crippen LogP contribution in [0.1, 0.15) is 59.2 Å². The lowest BCUT2D eigenvalue weighted by atomic mass is 9.84. The number of benzene rings is 2. The Labute approximate surface area is 206 Å². The quantitative estimate of drug-likeness (QED) is 0.563. The van der Waals surface area contributed by atoms with E-state index in [0.29, 0.717) is 29.8 Å². The van der Waals surface area contributed by atoms with Gasteiger partial charge in [0.15, 0.2) is 0 Å². The fourth-order valence-corrected chi connectivity index (χ4v) is 5.64. The van der Waals surface area contributed by atoms with Crippen molar-refractivity contribution in [3.05, 3.63) is 58.9 Å². The van der Waals surface area contributed by atoms with Crippen LogP contribution < -0.4 is 10.1 Å². The molecule has 9 heteroatoms. The molecule has 1 amide bonds. The van der Waals surface area contributed by atoms with E-state index in [1.54, 1.807) is 12.1 Å². The van der Waals surface area contributed by atoms with Gasteiger partial charge < -0.3 is 14.6 Å². The molecule has 0 spiro atoms. The first kappa shape index (κ1) is 22.5. The number of imidazole rings is 1. The Bertz CT molecular complexity index is 1490. The highest BCUT2D eigenvalue weighted by atomic mass is 19.3. The number of aromatic nitrogens is 2. The van der Waals surface area contributed by atoms with Gasteiger partial charge in [0.25, 0.3) is 5.91 Å². The highest BCUT2D eigenvalue weighted by Crippen LogP contribution is 2.47. The molecule has 0 saturated carbocycles. The molecule has 2 aromatic carbocycles. The van der Waals surface area contributed by atoms with Gasteiger partial charge in [0, 0.05) is 42.7 Å². The van der Waals surface area contributed by atoms with Gasteiger partial charge in [-0.1, -0.05) is 17.9 Å². The van der Waals surface area contributed by atoms with Crippen LogP contribution in [-0.4, -0.2) is 46.6 Å². The summed E-state index contributed by atoms with van der Waals surface area (Å²) >= 11 is 0. The van der Waals surface area contributed by atoms with Crippen molar-refractivity contribution in [1.82, 2.24) is 19.8 Å². The zero-order valence-electron chi connectivity index (χ0n) is 19.6. The predicted octanol–water partition coefficient (Wildman–Crippen LogP) is 4.00. The van der Waals surface area contributed by atoms with E-state index in [-0.39, 0.29) is 29.2 Å². The van der Waals surface area contributed by atoms with Crippen molar-refractivity contribution in [2.75, 3.05) is 19.6 Å². The number of rotatable bonds is 4. The summed E-state index contributed by atoms with van der Waals surface area (Å²) in [6.45, 7) is 1.35. The number of ether oxygens (including phenoxy) is 1. The lowest BCUT2D eigenvalue weighted by Crippen LogP contribution is -2.53. The van der Waals surface area contributed by atoms with Crippen molar-refractivity contribution in [2.45, 2.75) is 38.5 Å². The second kappa shape index (κ2) is 8.32. The first-order chi connectivity index (χ1) is 17.3. The number of hydrogen-bond acceptors (Lipinski definition) is 5. The first-order valence-electron chi connectivity index (χ1n) is 11.9. The molecule has 1 N–H and O–H groups in total. The molecule has 1 unspecified atom stereocenters. The Balaban J connectivity index is 1.32. The van der Waals surface area contributed by atoms with Crippen LogP contribution in [0.3, 0.4) is 0 Å². The summed E-state index contributed by atoms with van der Waals surface area (Å²) in [5, 5.41) is 12.1. The van der Waals surface area contributed by atoms with Crippen LogP contribution in [0, 0.1) is 28.6 Å². The summed E-state index contributed by atoms with van der Waals surface area (Å²) in [7, 11) is 0. The number of nitrogens with one attached hydrogen (secondary N) is 1. The molecule has 1 aromatic heterocycles. The van der Waals surface area contributed by atoms with Crippen molar-refractivity contribution in [1.29, 1.82) is 5.26 Å². The van der Waals surface area contributed by atoms with Crippen LogP contribution in [0.5, 0.6) is 5.75 Å². The van der Waals surface area contributed by atoms with Crippen molar-refractivity contribution < 1.29 is 18.3 Å². The third-order valence-corrected chi connectivity index (χ3v) is 7.17. The number of carbonyl (C=O) groups excluding carboxylic acids is 1. The smallest absolute Gasteiger partial charge is 0.387 e. The topological polar surface area (TPSA) is 83.2 Å². The molecule has 3 aliphatic heterocycles. The standard InChI is InChI=1S/C27H23F2N5O2/c1-27(13-30)14-33(15-27)10-3-2-5-16-8-9-18-20(11-16)34-21-12-19(24(34)31-18)32-25(35)17-6-4-7-22(23(17)21)36-26(28)29/h4,6-9,11,19,21,26H,3,10,12,14-15H2,1H3,(H,32,35)/t19?,21-/m1/s1. The summed E-state index contributed by atoms with van der Waals surface area (Å²) in [4.78, 5) is 19.8. The molecule has 2 bridgehead atoms. The number of hydrogen-bond donors (Lipinski definition) is 1. The highest BCUT2D eigenvalue weighted by Gasteiger charge is 2.42. The van der Waals surface area contributed by atoms with Crippen LogP contribution in [0.4, 0.5) is 8.78 Å². The fraction of sp³-hybridized carbons (Fsp3) is 0.370. The van der Waals surface area contributed by atoms with Crippen LogP contribution >= 0.6 is 0 Å². The summed E-state index contributed by atoms with van der Waals surface area (Å²) in [6.07, 6.45) is 1.20. The molecule has 2 atom stereocenters. The SMILES string of the molecule is CC1(C#N)CN(CCC#Cc2ccc3nc4n(c3c2)[C@@H]2CC4NC(=O)c3cccc(OC(F)F)c32)C1. The predicted molar refractivity (Wildman–Crippen MR) is 127 cm³/mol. The number of alkyl halides is 2. The third-order valence-electron chi connectivity index (χ3n) is 7.17. The van der Waals surface area contributed by atoms with Gasteiger partial charge in [-0.3, -0.25) is 9.69 Å². The molecular weight excluding hydrogens is 464 g/mol. The zero-order valence-corrected chi connectivity index (χ0v) is 19.6. The number of nitrogens with zero attached hydrogens (tertiary/aromatic N) is 4. The van der Waals surface area contributed by atoms with Gasteiger partial charge in [-0.25, -0.2) is 4.98 Å². The van der Waals surface area contributed by atoms with Crippen LogP contribution in [-0.2, 0) is 0 Å². The van der Waals surface area contributed by atoms with E-state index in [1.807, 2.05) is 29.7 Å². The minimum absolute atomic E-state index is 0.00689. The zero-order chi connectivity index (χ0) is 25.0. The molecule has 4 heterocycles. The minimum Gasteiger partial charge on any atom is -0.434 e. The van der Waals surface area contributed by atoms with E-state index in [4.69, 9.17) is 15.0 Å². The monoisotopic (exact) mass is 487 g/mol. The van der Waals surface area contributed by atoms with E-state index < -0.39 is 6.61 Å². The minimum atomic E-state index is -2.99. The van der Waals surface area contributed by atoms with Crippen LogP contribution in [0.15, 0.2) is 36.4 Å². The van der Waals surface area contributed by atoms with Crippen molar-refractivity contribution in [3.8, 4) is 23.7 Å². The summed E-state index contributed by atoms with van der Waals surface area (Å²) in [5.74, 6) is 6.82. The number of halogens is 2. The van der Waals surface area contributed by atoms with Crippen molar-refractivity contribution >= 4 is 16.9 Å². The molecule has 0 radical (unpaired) electrons. The van der Waals surface area contributed by atoms with Crippen molar-refractivity contribution in [3.63, 3.8) is 0 Å². The molecule has 0 aliphatic carbocycles. The number of carbonyl (C=O) groups is 1. The first-order valence-corrected chi connectivity index (χ1v) is 11.9. The Kier molecular flexibility index (Phi) is 5.20. The molecule has 36 heavy (non-hydrogen) atoms. The van der Waals surface area contributed by atoms with E-state index >= 15 is 0 Å². The highest BCUT2D eigenvalue weighted by molar-refractivity contribution is 5.98. The van der Waals surface area contributed by atoms with Gasteiger partial charge in [-0.2, -0.15) is 14.0 Å². The Hall–Kier alpha value is -3.95. The van der Waals surface area contributed by atoms with E-state index in [2.05, 4.69) is 28.1 Å². The second-order valence-corrected chi connectivity index (χ2v) is 9.85. The fourth-order valence-electron chi connectivity index (χ4n) is 5.64. The number of fused-ring (bicyclic) bond motifs is 9. The molecular formula is C27H23F2N5O2. The summed E-state index contributed by atoms with van der Waals surface area (Å²) in [6, 6.07) is 12.1. The van der Waals surface area contributed by atoms with Gasteiger partial charge in [-0.05, 0) is 43.7 Å². The normalized spacial score (nSPS) is 21.5. The second-order valence-electron chi connectivity index (χ2n) is 9.85. The maximum Gasteiger partial charge on any atom is 0.387 e. The molecule has 1 saturated heterocycles. The molecule has 1 fully saturated rings. The average molecular weight is 488 g/mol. The summed E-state index contributed by atoms with van der Waals surface area (Å²) in [5.41, 5.74) is 2.97. The van der Waals surface area contributed by atoms with Gasteiger partial charge in [0.1, 0.15) is 11.6 Å². The van der Waals surface area contributed by atoms with Gasteiger partial charge in [0.2, 0.25) is 0 Å². The Morgan fingerprint density at radius 2 is 2.14 bits per heavy atom. The number of amides is 1. The van der Waals surface area contributed by atoms with Crippen LogP contribution in [0.2, 0.25) is 0 Å². The maximum atomic E-state index is 13.2. The molecule has 6 rings (SSSR count). The lowest BCUT2D eigenvalue weighted by molar-refractivity contribution is -0.0507. The van der Waals surface area contributed by atoms with Gasteiger partial charge >= 0.3 is 6.61 Å². The largest absolute Gasteiger partial charge is 0.434 e. The van der Waals surface area contributed by atoms with E-state index in [0.717, 1.165) is 36.2 Å². The molecule has 3 aliphatic rings. The van der Waals surface area contributed by atoms with Crippen molar-refractivity contribution in [2.24, 2.45) is 5.41 Å². The molecule has 7 nitrogen and oxygen atoms in total. The number of likely N-dealkylation sites (tertiary alicyclic amines) is 1. The molecule has 182 valence electrons. The Morgan fingerprint density at radius 1 is 1.31 bits per heavy atom. The summed E-state index contributed by atoms with van der Waals surface area (Å²) < 4.78 is 33.2. The van der Waals surface area contributed by atoms with Gasteiger partial charge in [0.05, 0.1) is 34.6 Å². The third kappa shape index (κ3) is 3.68. The van der Waals surface area contributed by atoms with E-state index in [1.165, 1.54) is 6.07 Å². The average Bonchev–Trinajstić information content (AvgIpc) is 3.32. The maximum absolute atomic E-state index is 13.2. The molecule has 3 aromatic rings.